The summed E-state index contributed by atoms with van der Waals surface area (Å²) < 4.78 is 0. The minimum absolute atomic E-state index is 0.465. The summed E-state index contributed by atoms with van der Waals surface area (Å²) in [4.78, 5) is 0. The van der Waals surface area contributed by atoms with Gasteiger partial charge in [-0.1, -0.05) is 48.6 Å². The molecule has 0 saturated heterocycles. The molecule has 1 saturated carbocycles. The highest BCUT2D eigenvalue weighted by atomic mass is 14.7. The van der Waals surface area contributed by atoms with E-state index in [4.69, 9.17) is 0 Å². The second kappa shape index (κ2) is 3.13. The van der Waals surface area contributed by atoms with Crippen LogP contribution in [0.1, 0.15) is 30.4 Å². The summed E-state index contributed by atoms with van der Waals surface area (Å²) in [7, 11) is 0. The minimum atomic E-state index is 0.465. The van der Waals surface area contributed by atoms with E-state index in [9.17, 15) is 0 Å². The highest BCUT2D eigenvalue weighted by Gasteiger charge is 2.64. The molecule has 0 radical (unpaired) electrons. The molecule has 0 nitrogen and oxygen atoms in total. The molecule has 0 heteroatoms. The molecule has 0 aliphatic heterocycles. The zero-order chi connectivity index (χ0) is 11.3. The van der Waals surface area contributed by atoms with E-state index in [-0.39, 0.29) is 0 Å². The van der Waals surface area contributed by atoms with E-state index in [0.717, 1.165) is 6.42 Å². The molecule has 17 heavy (non-hydrogen) atoms. The summed E-state index contributed by atoms with van der Waals surface area (Å²) in [6, 6.07) is 9.04. The molecule has 3 aliphatic carbocycles. The van der Waals surface area contributed by atoms with Crippen molar-refractivity contribution in [3.63, 3.8) is 0 Å². The third-order valence-corrected chi connectivity index (χ3v) is 5.11. The van der Waals surface area contributed by atoms with Gasteiger partial charge in [0.25, 0.3) is 0 Å². The van der Waals surface area contributed by atoms with Crippen LogP contribution in [0, 0.1) is 10.8 Å². The maximum atomic E-state index is 2.53. The number of allylic oxidation sites excluding steroid dienone is 4. The highest BCUT2D eigenvalue weighted by Crippen LogP contribution is 2.71. The van der Waals surface area contributed by atoms with Crippen molar-refractivity contribution in [1.82, 2.24) is 0 Å². The molecular formula is C17H18. The lowest BCUT2D eigenvalue weighted by Gasteiger charge is -2.16. The molecule has 0 heterocycles. The minimum Gasteiger partial charge on any atom is -0.0842 e. The van der Waals surface area contributed by atoms with Gasteiger partial charge in [0, 0.05) is 5.41 Å². The van der Waals surface area contributed by atoms with Gasteiger partial charge in [0.2, 0.25) is 0 Å². The van der Waals surface area contributed by atoms with Gasteiger partial charge in [-0.05, 0) is 48.6 Å². The fourth-order valence-corrected chi connectivity index (χ4v) is 4.02. The van der Waals surface area contributed by atoms with E-state index in [1.807, 2.05) is 0 Å². The molecule has 86 valence electrons. The molecule has 2 atom stereocenters. The van der Waals surface area contributed by atoms with Crippen LogP contribution in [0.4, 0.5) is 0 Å². The van der Waals surface area contributed by atoms with Crippen molar-refractivity contribution in [2.45, 2.75) is 32.1 Å². The Labute approximate surface area is 103 Å². The Balaban J connectivity index is 1.82. The predicted octanol–water partition coefficient (Wildman–Crippen LogP) is 4.07. The molecule has 1 fully saturated rings. The van der Waals surface area contributed by atoms with Crippen LogP contribution >= 0.6 is 0 Å². The third kappa shape index (κ3) is 1.24. The first-order chi connectivity index (χ1) is 8.34. The van der Waals surface area contributed by atoms with Gasteiger partial charge in [0.05, 0.1) is 0 Å². The van der Waals surface area contributed by atoms with Gasteiger partial charge in [-0.3, -0.25) is 0 Å². The van der Waals surface area contributed by atoms with E-state index in [1.165, 1.54) is 25.7 Å². The number of rotatable bonds is 0. The average molecular weight is 222 g/mol. The molecule has 0 N–H and O–H groups in total. The van der Waals surface area contributed by atoms with Crippen LogP contribution in [-0.2, 0) is 12.8 Å². The molecule has 3 aliphatic rings. The first-order valence-electron chi connectivity index (χ1n) is 6.76. The van der Waals surface area contributed by atoms with Crippen LogP contribution < -0.4 is 0 Å². The van der Waals surface area contributed by atoms with Crippen molar-refractivity contribution in [1.29, 1.82) is 0 Å². The van der Waals surface area contributed by atoms with Gasteiger partial charge in [0.1, 0.15) is 0 Å². The topological polar surface area (TPSA) is 0 Å². The Hall–Kier alpha value is -1.30. The van der Waals surface area contributed by atoms with Crippen LogP contribution in [0.2, 0.25) is 0 Å². The Morgan fingerprint density at radius 2 is 1.65 bits per heavy atom. The lowest BCUT2D eigenvalue weighted by atomic mass is 9.87. The first kappa shape index (κ1) is 9.70. The maximum absolute atomic E-state index is 2.53. The van der Waals surface area contributed by atoms with Crippen LogP contribution in [0.3, 0.4) is 0 Å². The fourth-order valence-electron chi connectivity index (χ4n) is 4.02. The molecule has 1 aromatic carbocycles. The zero-order valence-corrected chi connectivity index (χ0v) is 10.2. The fraction of sp³-hybridized carbons (Fsp3) is 0.412. The van der Waals surface area contributed by atoms with E-state index in [0.29, 0.717) is 10.8 Å². The van der Waals surface area contributed by atoms with Crippen molar-refractivity contribution in [2.75, 3.05) is 0 Å². The normalized spacial score (nSPS) is 37.4. The van der Waals surface area contributed by atoms with Gasteiger partial charge in [-0.25, -0.2) is 0 Å². The largest absolute Gasteiger partial charge is 0.0842 e. The molecule has 1 aromatic rings. The maximum Gasteiger partial charge on any atom is 0.00222 e. The van der Waals surface area contributed by atoms with Crippen LogP contribution in [-0.4, -0.2) is 0 Å². The molecular weight excluding hydrogens is 204 g/mol. The smallest absolute Gasteiger partial charge is 0.00222 e. The second-order valence-electron chi connectivity index (χ2n) is 5.97. The molecule has 0 bridgehead atoms. The molecule has 2 unspecified atom stereocenters. The lowest BCUT2D eigenvalue weighted by Crippen LogP contribution is -2.10. The summed E-state index contributed by atoms with van der Waals surface area (Å²) in [5.41, 5.74) is 4.14. The Morgan fingerprint density at radius 1 is 0.882 bits per heavy atom. The third-order valence-electron chi connectivity index (χ3n) is 5.11. The number of hydrogen-bond acceptors (Lipinski definition) is 0. The van der Waals surface area contributed by atoms with Gasteiger partial charge in [0.15, 0.2) is 0 Å². The quantitative estimate of drug-likeness (QED) is 0.580. The molecule has 4 rings (SSSR count). The van der Waals surface area contributed by atoms with Crippen molar-refractivity contribution in [3.8, 4) is 0 Å². The number of hydrogen-bond donors (Lipinski definition) is 0. The number of fused-ring (bicyclic) bond motifs is 1. The SMILES string of the molecule is C1=CC23CCc4ccccc4CC2(C=CC1)C3. The average Bonchev–Trinajstić information content (AvgIpc) is 2.97. The number of benzene rings is 1. The van der Waals surface area contributed by atoms with E-state index < -0.39 is 0 Å². The summed E-state index contributed by atoms with van der Waals surface area (Å²) >= 11 is 0. The van der Waals surface area contributed by atoms with Crippen molar-refractivity contribution < 1.29 is 0 Å². The van der Waals surface area contributed by atoms with E-state index in [1.54, 1.807) is 11.1 Å². The van der Waals surface area contributed by atoms with Gasteiger partial charge in [-0.15, -0.1) is 0 Å². The number of aryl methyl sites for hydroxylation is 1. The monoisotopic (exact) mass is 222 g/mol. The van der Waals surface area contributed by atoms with E-state index >= 15 is 0 Å². The Morgan fingerprint density at radius 3 is 2.53 bits per heavy atom. The highest BCUT2D eigenvalue weighted by molar-refractivity contribution is 5.41. The summed E-state index contributed by atoms with van der Waals surface area (Å²) in [5, 5.41) is 0. The standard InChI is InChI=1S/C17H18/c1-4-9-16-11-8-14-6-2-3-7-15(14)12-17(16,13-16)10-5-1/h2-7,9-10H,1,8,11-13H2. The van der Waals surface area contributed by atoms with Gasteiger partial charge < -0.3 is 0 Å². The summed E-state index contributed by atoms with van der Waals surface area (Å²) in [5.74, 6) is 0. The molecule has 0 aromatic heterocycles. The predicted molar refractivity (Wildman–Crippen MR) is 70.8 cm³/mol. The summed E-state index contributed by atoms with van der Waals surface area (Å²) in [6.45, 7) is 0. The molecule has 0 amide bonds. The zero-order valence-electron chi connectivity index (χ0n) is 10.2. The van der Waals surface area contributed by atoms with Gasteiger partial charge >= 0.3 is 0 Å². The van der Waals surface area contributed by atoms with Gasteiger partial charge in [-0.2, -0.15) is 0 Å². The van der Waals surface area contributed by atoms with Crippen LogP contribution in [0.25, 0.3) is 0 Å². The molecule has 0 spiro atoms. The Bertz CT molecular complexity index is 523. The first-order valence-corrected chi connectivity index (χ1v) is 6.76. The summed E-state index contributed by atoms with van der Waals surface area (Å²) in [6.07, 6.45) is 16.2. The van der Waals surface area contributed by atoms with Crippen LogP contribution in [0.5, 0.6) is 0 Å². The van der Waals surface area contributed by atoms with Crippen molar-refractivity contribution >= 4 is 0 Å². The van der Waals surface area contributed by atoms with Crippen LogP contribution in [0.15, 0.2) is 48.6 Å². The van der Waals surface area contributed by atoms with Crippen molar-refractivity contribution in [3.05, 3.63) is 59.7 Å². The Kier molecular flexibility index (Phi) is 1.79. The lowest BCUT2D eigenvalue weighted by molar-refractivity contribution is 0.460. The second-order valence-corrected chi connectivity index (χ2v) is 5.97. The van der Waals surface area contributed by atoms with Crippen molar-refractivity contribution in [2.24, 2.45) is 10.8 Å². The van der Waals surface area contributed by atoms with E-state index in [2.05, 4.69) is 48.6 Å².